The predicted octanol–water partition coefficient (Wildman–Crippen LogP) is 4.61. The maximum atomic E-state index is 12.8. The molecule has 1 atom stereocenters. The van der Waals surface area contributed by atoms with E-state index in [9.17, 15) is 14.4 Å². The molecule has 1 heterocycles. The van der Waals surface area contributed by atoms with E-state index in [4.69, 9.17) is 9.47 Å². The van der Waals surface area contributed by atoms with E-state index in [1.165, 1.54) is 42.4 Å². The van der Waals surface area contributed by atoms with Crippen molar-refractivity contribution in [2.24, 2.45) is 0 Å². The Hall–Kier alpha value is -4.39. The van der Waals surface area contributed by atoms with Crippen molar-refractivity contribution in [2.45, 2.75) is 6.04 Å². The molecule has 0 spiro atoms. The number of methoxy groups -OCH3 is 1. The number of carbonyl (C=O) groups is 3. The zero-order chi connectivity index (χ0) is 23.2. The van der Waals surface area contributed by atoms with Crippen molar-refractivity contribution in [3.05, 3.63) is 108 Å². The quantitative estimate of drug-likeness (QED) is 0.314. The Kier molecular flexibility index (Phi) is 6.50. The number of hydrogen-bond acceptors (Lipinski definition) is 6. The van der Waals surface area contributed by atoms with E-state index in [0.717, 1.165) is 5.56 Å². The number of nitrogens with zero attached hydrogens (tertiary/aromatic N) is 1. The second kappa shape index (κ2) is 9.82. The van der Waals surface area contributed by atoms with Crippen LogP contribution in [0.3, 0.4) is 0 Å². The number of amides is 1. The fraction of sp³-hybridized carbons (Fsp3) is 0.115. The minimum Gasteiger partial charge on any atom is -0.465 e. The molecule has 0 bridgehead atoms. The average molecular weight is 443 g/mol. The Morgan fingerprint density at radius 3 is 2.18 bits per heavy atom. The number of cyclic esters (lactones) is 1. The predicted molar refractivity (Wildman–Crippen MR) is 120 cm³/mol. The van der Waals surface area contributed by atoms with Gasteiger partial charge < -0.3 is 14.2 Å². The third-order valence-electron chi connectivity index (χ3n) is 5.13. The molecule has 1 aliphatic heterocycles. The van der Waals surface area contributed by atoms with Crippen molar-refractivity contribution < 1.29 is 28.6 Å². The van der Waals surface area contributed by atoms with Crippen LogP contribution >= 0.6 is 0 Å². The number of carbonyl (C=O) groups excluding carboxylic acids is 3. The van der Waals surface area contributed by atoms with Crippen LogP contribution in [0, 0.1) is 0 Å². The molecule has 7 nitrogen and oxygen atoms in total. The summed E-state index contributed by atoms with van der Waals surface area (Å²) in [4.78, 5) is 38.6. The molecule has 0 saturated carbocycles. The SMILES string of the molecule is COC(=O)c1ccc(OC(=O)C=C(c2ccccc2)N2C(=O)OC[C@H]2c2ccccc2)cc1. The smallest absolute Gasteiger partial charge is 0.415 e. The monoisotopic (exact) mass is 443 g/mol. The van der Waals surface area contributed by atoms with Gasteiger partial charge in [-0.25, -0.2) is 14.4 Å². The molecular weight excluding hydrogens is 422 g/mol. The maximum absolute atomic E-state index is 12.8. The molecule has 1 amide bonds. The molecule has 0 N–H and O–H groups in total. The first-order valence-corrected chi connectivity index (χ1v) is 10.2. The Labute approximate surface area is 190 Å². The van der Waals surface area contributed by atoms with E-state index in [-0.39, 0.29) is 12.4 Å². The maximum Gasteiger partial charge on any atom is 0.415 e. The van der Waals surface area contributed by atoms with Crippen molar-refractivity contribution in [3.63, 3.8) is 0 Å². The fourth-order valence-electron chi connectivity index (χ4n) is 3.54. The average Bonchev–Trinajstić information content (AvgIpc) is 3.24. The molecule has 0 radical (unpaired) electrons. The van der Waals surface area contributed by atoms with E-state index >= 15 is 0 Å². The summed E-state index contributed by atoms with van der Waals surface area (Å²) < 4.78 is 15.4. The van der Waals surface area contributed by atoms with Gasteiger partial charge in [0.05, 0.1) is 24.4 Å². The topological polar surface area (TPSA) is 82.1 Å². The van der Waals surface area contributed by atoms with Crippen LogP contribution in [0.1, 0.15) is 27.5 Å². The number of benzene rings is 3. The first-order valence-electron chi connectivity index (χ1n) is 10.2. The van der Waals surface area contributed by atoms with Crippen molar-refractivity contribution in [1.29, 1.82) is 0 Å². The van der Waals surface area contributed by atoms with E-state index in [1.54, 1.807) is 12.1 Å². The van der Waals surface area contributed by atoms with Crippen LogP contribution in [-0.4, -0.2) is 36.6 Å². The molecule has 166 valence electrons. The summed E-state index contributed by atoms with van der Waals surface area (Å²) in [6, 6.07) is 24.2. The van der Waals surface area contributed by atoms with E-state index < -0.39 is 24.1 Å². The number of ether oxygens (including phenoxy) is 3. The molecule has 1 saturated heterocycles. The highest BCUT2D eigenvalue weighted by Gasteiger charge is 2.37. The molecule has 33 heavy (non-hydrogen) atoms. The van der Waals surface area contributed by atoms with Gasteiger partial charge in [0, 0.05) is 6.08 Å². The summed E-state index contributed by atoms with van der Waals surface area (Å²) in [5.41, 5.74) is 2.25. The number of esters is 2. The summed E-state index contributed by atoms with van der Waals surface area (Å²) in [6.07, 6.45) is 0.723. The van der Waals surface area contributed by atoms with Crippen molar-refractivity contribution >= 4 is 23.7 Å². The van der Waals surface area contributed by atoms with Gasteiger partial charge in [-0.3, -0.25) is 4.90 Å². The Morgan fingerprint density at radius 2 is 1.55 bits per heavy atom. The summed E-state index contributed by atoms with van der Waals surface area (Å²) in [5.74, 6) is -0.912. The minimum absolute atomic E-state index is 0.164. The summed E-state index contributed by atoms with van der Waals surface area (Å²) in [6.45, 7) is 0.164. The van der Waals surface area contributed by atoms with Crippen LogP contribution in [0.25, 0.3) is 5.70 Å². The second-order valence-corrected chi connectivity index (χ2v) is 7.21. The van der Waals surface area contributed by atoms with Crippen LogP contribution in [0.5, 0.6) is 5.75 Å². The molecular formula is C26H21NO6. The van der Waals surface area contributed by atoms with Gasteiger partial charge in [0.25, 0.3) is 0 Å². The zero-order valence-electron chi connectivity index (χ0n) is 17.8. The Bertz CT molecular complexity index is 1170. The highest BCUT2D eigenvalue weighted by atomic mass is 16.6. The first-order chi connectivity index (χ1) is 16.1. The van der Waals surface area contributed by atoms with Crippen LogP contribution in [0.2, 0.25) is 0 Å². The third kappa shape index (κ3) is 4.93. The van der Waals surface area contributed by atoms with Crippen molar-refractivity contribution in [1.82, 2.24) is 4.90 Å². The summed E-state index contributed by atoms with van der Waals surface area (Å²) in [7, 11) is 1.29. The van der Waals surface area contributed by atoms with E-state index in [0.29, 0.717) is 16.8 Å². The van der Waals surface area contributed by atoms with Crippen LogP contribution in [-0.2, 0) is 14.3 Å². The molecule has 0 aliphatic carbocycles. The first kappa shape index (κ1) is 21.8. The van der Waals surface area contributed by atoms with Gasteiger partial charge in [-0.05, 0) is 35.4 Å². The van der Waals surface area contributed by atoms with Gasteiger partial charge in [0.15, 0.2) is 0 Å². The van der Waals surface area contributed by atoms with Crippen LogP contribution < -0.4 is 4.74 Å². The van der Waals surface area contributed by atoms with Gasteiger partial charge >= 0.3 is 18.0 Å². The molecule has 4 rings (SSSR count). The lowest BCUT2D eigenvalue weighted by molar-refractivity contribution is -0.128. The van der Waals surface area contributed by atoms with Gasteiger partial charge in [-0.2, -0.15) is 0 Å². The summed E-state index contributed by atoms with van der Waals surface area (Å²) >= 11 is 0. The molecule has 3 aromatic carbocycles. The van der Waals surface area contributed by atoms with Crippen LogP contribution in [0.4, 0.5) is 4.79 Å². The zero-order valence-corrected chi connectivity index (χ0v) is 17.8. The molecule has 1 fully saturated rings. The lowest BCUT2D eigenvalue weighted by Gasteiger charge is -2.24. The highest BCUT2D eigenvalue weighted by molar-refractivity contribution is 5.96. The number of hydrogen-bond donors (Lipinski definition) is 0. The summed E-state index contributed by atoms with van der Waals surface area (Å²) in [5, 5.41) is 0. The van der Waals surface area contributed by atoms with Crippen molar-refractivity contribution in [2.75, 3.05) is 13.7 Å². The van der Waals surface area contributed by atoms with Gasteiger partial charge in [-0.1, -0.05) is 60.7 Å². The minimum atomic E-state index is -0.675. The second-order valence-electron chi connectivity index (χ2n) is 7.21. The number of rotatable bonds is 6. The van der Waals surface area contributed by atoms with Gasteiger partial charge in [-0.15, -0.1) is 0 Å². The van der Waals surface area contributed by atoms with Crippen LogP contribution in [0.15, 0.2) is 91.0 Å². The third-order valence-corrected chi connectivity index (χ3v) is 5.13. The lowest BCUT2D eigenvalue weighted by atomic mass is 10.0. The largest absolute Gasteiger partial charge is 0.465 e. The fourth-order valence-corrected chi connectivity index (χ4v) is 3.54. The normalized spacial score (nSPS) is 15.7. The Morgan fingerprint density at radius 1 is 0.909 bits per heavy atom. The van der Waals surface area contributed by atoms with Crippen molar-refractivity contribution in [3.8, 4) is 5.75 Å². The van der Waals surface area contributed by atoms with E-state index in [1.807, 2.05) is 48.5 Å². The molecule has 0 aromatic heterocycles. The Balaban J connectivity index is 1.65. The molecule has 3 aromatic rings. The van der Waals surface area contributed by atoms with Gasteiger partial charge in [0.1, 0.15) is 12.4 Å². The highest BCUT2D eigenvalue weighted by Crippen LogP contribution is 2.35. The molecule has 7 heteroatoms. The van der Waals surface area contributed by atoms with E-state index in [2.05, 4.69) is 4.74 Å². The standard InChI is InChI=1S/C26H21NO6/c1-31-25(29)20-12-14-21(15-13-20)33-24(28)16-22(18-8-4-2-5-9-18)27-23(17-32-26(27)30)19-10-6-3-7-11-19/h2-16,23H,17H2,1H3/t23-/m0/s1. The lowest BCUT2D eigenvalue weighted by Crippen LogP contribution is -2.27. The molecule has 0 unspecified atom stereocenters. The molecule has 1 aliphatic rings. The van der Waals surface area contributed by atoms with Gasteiger partial charge in [0.2, 0.25) is 0 Å².